The van der Waals surface area contributed by atoms with Crippen LogP contribution in [0.5, 0.6) is 5.75 Å². The van der Waals surface area contributed by atoms with E-state index in [4.69, 9.17) is 4.74 Å². The highest BCUT2D eigenvalue weighted by atomic mass is 16.5. The summed E-state index contributed by atoms with van der Waals surface area (Å²) in [6.45, 7) is 6.98. The monoisotopic (exact) mass is 277 g/mol. The first-order valence-corrected chi connectivity index (χ1v) is 7.63. The molecule has 0 bridgehead atoms. The van der Waals surface area contributed by atoms with Crippen molar-refractivity contribution in [2.75, 3.05) is 26.8 Å². The zero-order valence-electron chi connectivity index (χ0n) is 12.9. The van der Waals surface area contributed by atoms with E-state index in [0.29, 0.717) is 24.5 Å². The summed E-state index contributed by atoms with van der Waals surface area (Å²) in [5.74, 6) is 1.86. The first-order chi connectivity index (χ1) is 9.63. The van der Waals surface area contributed by atoms with Crippen LogP contribution in [0.4, 0.5) is 0 Å². The number of ether oxygens (including phenoxy) is 1. The summed E-state index contributed by atoms with van der Waals surface area (Å²) < 4.78 is 5.21. The summed E-state index contributed by atoms with van der Waals surface area (Å²) in [5, 5.41) is 9.36. The summed E-state index contributed by atoms with van der Waals surface area (Å²) in [4.78, 5) is 2.53. The largest absolute Gasteiger partial charge is 0.497 e. The van der Waals surface area contributed by atoms with Crippen molar-refractivity contribution in [3.05, 3.63) is 29.8 Å². The number of likely N-dealkylation sites (tertiary alicyclic amines) is 1. The van der Waals surface area contributed by atoms with Crippen LogP contribution in [0.25, 0.3) is 0 Å². The molecule has 1 N–H and O–H groups in total. The fraction of sp³-hybridized carbons (Fsp3) is 0.647. The molecule has 0 radical (unpaired) electrons. The van der Waals surface area contributed by atoms with E-state index in [1.807, 2.05) is 12.1 Å². The van der Waals surface area contributed by atoms with Gasteiger partial charge in [0.1, 0.15) is 5.75 Å². The van der Waals surface area contributed by atoms with Crippen LogP contribution in [0, 0.1) is 5.92 Å². The lowest BCUT2D eigenvalue weighted by Crippen LogP contribution is -2.44. The molecule has 3 unspecified atom stereocenters. The topological polar surface area (TPSA) is 32.7 Å². The Morgan fingerprint density at radius 1 is 1.30 bits per heavy atom. The van der Waals surface area contributed by atoms with Crippen LogP contribution in [0.3, 0.4) is 0 Å². The molecule has 0 amide bonds. The number of rotatable bonds is 5. The molecule has 1 aliphatic rings. The fourth-order valence-electron chi connectivity index (χ4n) is 3.06. The van der Waals surface area contributed by atoms with E-state index in [2.05, 4.69) is 30.9 Å². The maximum absolute atomic E-state index is 9.36. The van der Waals surface area contributed by atoms with Crippen LogP contribution in [-0.4, -0.2) is 42.9 Å². The molecular weight excluding hydrogens is 250 g/mol. The summed E-state index contributed by atoms with van der Waals surface area (Å²) in [7, 11) is 1.70. The van der Waals surface area contributed by atoms with Crippen LogP contribution in [0.1, 0.15) is 38.2 Å². The molecule has 0 aliphatic carbocycles. The predicted molar refractivity (Wildman–Crippen MR) is 82.3 cm³/mol. The SMILES string of the molecule is COc1ccc(C(C)CN2CC(CO)CCC2C)cc1. The third-order valence-corrected chi connectivity index (χ3v) is 4.56. The maximum Gasteiger partial charge on any atom is 0.118 e. The van der Waals surface area contributed by atoms with Crippen molar-refractivity contribution in [3.63, 3.8) is 0 Å². The van der Waals surface area contributed by atoms with E-state index < -0.39 is 0 Å². The summed E-state index contributed by atoms with van der Waals surface area (Å²) in [5.41, 5.74) is 1.35. The van der Waals surface area contributed by atoms with Gasteiger partial charge in [0.25, 0.3) is 0 Å². The number of methoxy groups -OCH3 is 1. The Bertz CT molecular complexity index is 404. The number of aliphatic hydroxyl groups is 1. The molecule has 0 aromatic heterocycles. The van der Waals surface area contributed by atoms with E-state index in [9.17, 15) is 5.11 Å². The number of nitrogens with zero attached hydrogens (tertiary/aromatic N) is 1. The second kappa shape index (κ2) is 7.09. The van der Waals surface area contributed by atoms with Crippen LogP contribution in [-0.2, 0) is 0 Å². The molecule has 2 rings (SSSR count). The second-order valence-electron chi connectivity index (χ2n) is 6.10. The minimum absolute atomic E-state index is 0.320. The molecule has 1 fully saturated rings. The average molecular weight is 277 g/mol. The summed E-state index contributed by atoms with van der Waals surface area (Å²) in [6, 6.07) is 8.99. The molecule has 20 heavy (non-hydrogen) atoms. The molecule has 1 aromatic rings. The Labute approximate surface area is 122 Å². The van der Waals surface area contributed by atoms with Gasteiger partial charge in [-0.15, -0.1) is 0 Å². The highest BCUT2D eigenvalue weighted by molar-refractivity contribution is 5.29. The summed E-state index contributed by atoms with van der Waals surface area (Å²) >= 11 is 0. The third-order valence-electron chi connectivity index (χ3n) is 4.56. The van der Waals surface area contributed by atoms with Crippen molar-refractivity contribution in [1.82, 2.24) is 4.90 Å². The van der Waals surface area contributed by atoms with Crippen molar-refractivity contribution in [2.45, 2.75) is 38.6 Å². The van der Waals surface area contributed by atoms with Gasteiger partial charge in [0, 0.05) is 25.7 Å². The molecule has 3 nitrogen and oxygen atoms in total. The average Bonchev–Trinajstić information content (AvgIpc) is 2.49. The lowest BCUT2D eigenvalue weighted by atomic mass is 9.92. The second-order valence-corrected chi connectivity index (χ2v) is 6.10. The standard InChI is InChI=1S/C17H27NO2/c1-13(16-6-8-17(20-3)9-7-16)10-18-11-15(12-19)5-4-14(18)2/h6-9,13-15,19H,4-5,10-12H2,1-3H3. The van der Waals surface area contributed by atoms with E-state index >= 15 is 0 Å². The fourth-order valence-corrected chi connectivity index (χ4v) is 3.06. The van der Waals surface area contributed by atoms with E-state index in [-0.39, 0.29) is 0 Å². The minimum Gasteiger partial charge on any atom is -0.497 e. The smallest absolute Gasteiger partial charge is 0.118 e. The quantitative estimate of drug-likeness (QED) is 0.898. The van der Waals surface area contributed by atoms with Crippen molar-refractivity contribution in [2.24, 2.45) is 5.92 Å². The Kier molecular flexibility index (Phi) is 5.44. The van der Waals surface area contributed by atoms with Gasteiger partial charge < -0.3 is 9.84 Å². The van der Waals surface area contributed by atoms with E-state index in [0.717, 1.165) is 25.3 Å². The van der Waals surface area contributed by atoms with Gasteiger partial charge in [-0.1, -0.05) is 19.1 Å². The van der Waals surface area contributed by atoms with Crippen molar-refractivity contribution in [1.29, 1.82) is 0 Å². The molecule has 1 aliphatic heterocycles. The molecule has 1 heterocycles. The molecular formula is C17H27NO2. The lowest BCUT2D eigenvalue weighted by Gasteiger charge is -2.38. The van der Waals surface area contributed by atoms with Gasteiger partial charge in [0.2, 0.25) is 0 Å². The van der Waals surface area contributed by atoms with Crippen molar-refractivity contribution >= 4 is 0 Å². The molecule has 3 heteroatoms. The number of benzene rings is 1. The zero-order valence-corrected chi connectivity index (χ0v) is 12.9. The first-order valence-electron chi connectivity index (χ1n) is 7.63. The van der Waals surface area contributed by atoms with Gasteiger partial charge in [-0.3, -0.25) is 4.90 Å². The number of hydrogen-bond acceptors (Lipinski definition) is 3. The Balaban J connectivity index is 1.96. The molecule has 3 atom stereocenters. The first kappa shape index (κ1) is 15.3. The van der Waals surface area contributed by atoms with Gasteiger partial charge >= 0.3 is 0 Å². The molecule has 112 valence electrons. The van der Waals surface area contributed by atoms with Gasteiger partial charge in [-0.25, -0.2) is 0 Å². The number of aliphatic hydroxyl groups excluding tert-OH is 1. The third kappa shape index (κ3) is 3.74. The summed E-state index contributed by atoms with van der Waals surface area (Å²) in [6.07, 6.45) is 2.35. The van der Waals surface area contributed by atoms with E-state index in [1.54, 1.807) is 7.11 Å². The molecule has 0 spiro atoms. The van der Waals surface area contributed by atoms with Gasteiger partial charge in [0.05, 0.1) is 7.11 Å². The highest BCUT2D eigenvalue weighted by Crippen LogP contribution is 2.26. The van der Waals surface area contributed by atoms with Crippen LogP contribution in [0.15, 0.2) is 24.3 Å². The number of piperidine rings is 1. The van der Waals surface area contributed by atoms with Gasteiger partial charge in [0.15, 0.2) is 0 Å². The predicted octanol–water partition coefficient (Wildman–Crippen LogP) is 2.89. The van der Waals surface area contributed by atoms with Crippen LogP contribution >= 0.6 is 0 Å². The lowest BCUT2D eigenvalue weighted by molar-refractivity contribution is 0.0790. The van der Waals surface area contributed by atoms with E-state index in [1.165, 1.54) is 12.0 Å². The van der Waals surface area contributed by atoms with Gasteiger partial charge in [-0.05, 0) is 49.3 Å². The molecule has 0 saturated carbocycles. The van der Waals surface area contributed by atoms with Crippen molar-refractivity contribution < 1.29 is 9.84 Å². The van der Waals surface area contributed by atoms with Crippen LogP contribution < -0.4 is 4.74 Å². The normalized spacial score (nSPS) is 25.4. The molecule has 1 aromatic carbocycles. The Morgan fingerprint density at radius 3 is 2.60 bits per heavy atom. The maximum atomic E-state index is 9.36. The van der Waals surface area contributed by atoms with Crippen molar-refractivity contribution in [3.8, 4) is 5.75 Å². The van der Waals surface area contributed by atoms with Gasteiger partial charge in [-0.2, -0.15) is 0 Å². The molecule has 1 saturated heterocycles. The number of hydrogen-bond donors (Lipinski definition) is 1. The Hall–Kier alpha value is -1.06. The zero-order chi connectivity index (χ0) is 14.5. The van der Waals surface area contributed by atoms with Crippen LogP contribution in [0.2, 0.25) is 0 Å². The Morgan fingerprint density at radius 2 is 2.00 bits per heavy atom. The highest BCUT2D eigenvalue weighted by Gasteiger charge is 2.26. The minimum atomic E-state index is 0.320.